The lowest BCUT2D eigenvalue weighted by molar-refractivity contribution is 0.284. The van der Waals surface area contributed by atoms with Crippen molar-refractivity contribution in [3.63, 3.8) is 0 Å². The van der Waals surface area contributed by atoms with E-state index in [1.54, 1.807) is 0 Å². The van der Waals surface area contributed by atoms with Crippen molar-refractivity contribution in [2.24, 2.45) is 10.8 Å². The number of benzene rings is 2. The van der Waals surface area contributed by atoms with Gasteiger partial charge < -0.3 is 0 Å². The largest absolute Gasteiger partial charge is 0.0601 e. The monoisotopic (exact) mass is 363 g/mol. The average Bonchev–Trinajstić information content (AvgIpc) is 2.51. The fourth-order valence-corrected chi connectivity index (χ4v) is 4.14. The Morgan fingerprint density at radius 3 is 1.63 bits per heavy atom. The molecule has 0 saturated heterocycles. The smallest absolute Gasteiger partial charge is 0.00494 e. The Labute approximate surface area is 168 Å². The summed E-state index contributed by atoms with van der Waals surface area (Å²) in [6.07, 6.45) is 5.63. The summed E-state index contributed by atoms with van der Waals surface area (Å²) in [5, 5.41) is 0. The average molecular weight is 364 g/mol. The van der Waals surface area contributed by atoms with E-state index in [2.05, 4.69) is 110 Å². The molecular weight excluding hydrogens is 324 g/mol. The number of hydrogen-bond donors (Lipinski definition) is 0. The van der Waals surface area contributed by atoms with Gasteiger partial charge in [-0.15, -0.1) is 0 Å². The van der Waals surface area contributed by atoms with Gasteiger partial charge in [-0.1, -0.05) is 104 Å². The molecule has 0 N–H and O–H groups in total. The van der Waals surface area contributed by atoms with E-state index in [0.717, 1.165) is 12.8 Å². The van der Waals surface area contributed by atoms with Crippen LogP contribution in [0.25, 0.3) is 0 Å². The van der Waals surface area contributed by atoms with Crippen LogP contribution in [0.4, 0.5) is 0 Å². The molecule has 0 unspecified atom stereocenters. The maximum absolute atomic E-state index is 2.36. The Kier molecular flexibility index (Phi) is 6.61. The van der Waals surface area contributed by atoms with Crippen LogP contribution in [0.1, 0.15) is 84.1 Å². The van der Waals surface area contributed by atoms with Crippen LogP contribution in [0.5, 0.6) is 0 Å². The van der Waals surface area contributed by atoms with Crippen molar-refractivity contribution in [3.05, 3.63) is 77.2 Å². The van der Waals surface area contributed by atoms with Crippen molar-refractivity contribution in [1.82, 2.24) is 0 Å². The first-order chi connectivity index (χ1) is 12.3. The first kappa shape index (κ1) is 21.7. The lowest BCUT2D eigenvalue weighted by Gasteiger charge is -2.33. The van der Waals surface area contributed by atoms with Crippen molar-refractivity contribution >= 4 is 0 Å². The van der Waals surface area contributed by atoms with E-state index >= 15 is 0 Å². The van der Waals surface area contributed by atoms with E-state index in [0.29, 0.717) is 10.8 Å². The third kappa shape index (κ3) is 7.53. The van der Waals surface area contributed by atoms with Crippen LogP contribution in [0, 0.1) is 17.3 Å². The standard InChI is InChI=1S/C27H39/c1-25(2,3)19-23-13-11-21(12-14-23)9-10-22-15-17-24(18-16-22)27(7,8)20-26(4,5)6/h9,11-18H,10,19-20H2,1-8H3. The quantitative estimate of drug-likeness (QED) is 0.491. The molecule has 0 heteroatoms. The molecule has 0 aliphatic rings. The maximum Gasteiger partial charge on any atom is -0.00494 e. The second-order valence-electron chi connectivity index (χ2n) is 11.2. The van der Waals surface area contributed by atoms with Gasteiger partial charge in [-0.3, -0.25) is 0 Å². The molecule has 2 rings (SSSR count). The molecular formula is C27H39. The van der Waals surface area contributed by atoms with Crippen LogP contribution in [0.2, 0.25) is 0 Å². The molecule has 0 amide bonds. The SMILES string of the molecule is CC(C)(C)Cc1ccc([CH]Cc2ccc(C(C)(C)CC(C)(C)C)cc2)cc1. The minimum atomic E-state index is 0.212. The van der Waals surface area contributed by atoms with Crippen LogP contribution in [0.15, 0.2) is 48.5 Å². The zero-order chi connectivity index (χ0) is 20.3. The van der Waals surface area contributed by atoms with Gasteiger partial charge in [0.25, 0.3) is 0 Å². The summed E-state index contributed by atoms with van der Waals surface area (Å²) < 4.78 is 0. The Morgan fingerprint density at radius 2 is 1.15 bits per heavy atom. The normalized spacial score (nSPS) is 13.0. The zero-order valence-electron chi connectivity index (χ0n) is 18.8. The Balaban J connectivity index is 1.95. The predicted molar refractivity (Wildman–Crippen MR) is 120 cm³/mol. The third-order valence-electron chi connectivity index (χ3n) is 5.00. The molecule has 27 heavy (non-hydrogen) atoms. The van der Waals surface area contributed by atoms with Crippen molar-refractivity contribution in [2.75, 3.05) is 0 Å². The molecule has 147 valence electrons. The van der Waals surface area contributed by atoms with Gasteiger partial charge in [-0.2, -0.15) is 0 Å². The first-order valence-corrected chi connectivity index (χ1v) is 10.4. The molecule has 0 heterocycles. The molecule has 1 radical (unpaired) electrons. The van der Waals surface area contributed by atoms with Gasteiger partial charge in [0.15, 0.2) is 0 Å². The Morgan fingerprint density at radius 1 is 0.630 bits per heavy atom. The molecule has 0 aliphatic heterocycles. The van der Waals surface area contributed by atoms with Crippen LogP contribution in [0.3, 0.4) is 0 Å². The molecule has 0 fully saturated rings. The van der Waals surface area contributed by atoms with E-state index in [9.17, 15) is 0 Å². The predicted octanol–water partition coefficient (Wildman–Crippen LogP) is 7.78. The van der Waals surface area contributed by atoms with Crippen LogP contribution in [-0.2, 0) is 18.3 Å². The van der Waals surface area contributed by atoms with Crippen molar-refractivity contribution in [3.8, 4) is 0 Å². The highest BCUT2D eigenvalue weighted by Crippen LogP contribution is 2.36. The van der Waals surface area contributed by atoms with Gasteiger partial charge in [0.2, 0.25) is 0 Å². The van der Waals surface area contributed by atoms with Gasteiger partial charge in [-0.25, -0.2) is 0 Å². The zero-order valence-corrected chi connectivity index (χ0v) is 18.8. The van der Waals surface area contributed by atoms with Crippen LogP contribution >= 0.6 is 0 Å². The highest BCUT2D eigenvalue weighted by Gasteiger charge is 2.27. The summed E-state index contributed by atoms with van der Waals surface area (Å²) in [5.41, 5.74) is 6.44. The third-order valence-corrected chi connectivity index (χ3v) is 5.00. The Bertz CT molecular complexity index is 701. The van der Waals surface area contributed by atoms with E-state index < -0.39 is 0 Å². The fraction of sp³-hybridized carbons (Fsp3) is 0.519. The molecule has 2 aromatic rings. The van der Waals surface area contributed by atoms with E-state index in [-0.39, 0.29) is 5.41 Å². The second-order valence-corrected chi connectivity index (χ2v) is 11.2. The Hall–Kier alpha value is -1.56. The summed E-state index contributed by atoms with van der Waals surface area (Å²) in [6, 6.07) is 18.3. The van der Waals surface area contributed by atoms with Gasteiger partial charge in [0.05, 0.1) is 0 Å². The maximum atomic E-state index is 2.36. The highest BCUT2D eigenvalue weighted by atomic mass is 14.3. The number of hydrogen-bond acceptors (Lipinski definition) is 0. The molecule has 0 atom stereocenters. The molecule has 0 aromatic heterocycles. The molecule has 0 bridgehead atoms. The van der Waals surface area contributed by atoms with Gasteiger partial charge >= 0.3 is 0 Å². The van der Waals surface area contributed by atoms with Crippen LogP contribution in [-0.4, -0.2) is 0 Å². The molecule has 0 saturated carbocycles. The minimum Gasteiger partial charge on any atom is -0.0601 e. The van der Waals surface area contributed by atoms with Crippen molar-refractivity contribution < 1.29 is 0 Å². The summed E-state index contributed by atoms with van der Waals surface area (Å²) in [4.78, 5) is 0. The molecule has 0 nitrogen and oxygen atoms in total. The summed E-state index contributed by atoms with van der Waals surface area (Å²) in [5.74, 6) is 0. The molecule has 0 aliphatic carbocycles. The van der Waals surface area contributed by atoms with Gasteiger partial charge in [0, 0.05) is 0 Å². The highest BCUT2D eigenvalue weighted by molar-refractivity contribution is 5.33. The first-order valence-electron chi connectivity index (χ1n) is 10.4. The van der Waals surface area contributed by atoms with E-state index in [1.165, 1.54) is 28.7 Å². The van der Waals surface area contributed by atoms with E-state index in [4.69, 9.17) is 0 Å². The summed E-state index contributed by atoms with van der Waals surface area (Å²) >= 11 is 0. The lowest BCUT2D eigenvalue weighted by Crippen LogP contribution is -2.24. The summed E-state index contributed by atoms with van der Waals surface area (Å²) in [6.45, 7) is 18.6. The second kappa shape index (κ2) is 8.21. The van der Waals surface area contributed by atoms with Gasteiger partial charge in [0.1, 0.15) is 0 Å². The van der Waals surface area contributed by atoms with Crippen molar-refractivity contribution in [2.45, 2.75) is 80.1 Å². The molecule has 2 aromatic carbocycles. The van der Waals surface area contributed by atoms with Gasteiger partial charge in [-0.05, 0) is 64.2 Å². The molecule has 0 spiro atoms. The van der Waals surface area contributed by atoms with Crippen molar-refractivity contribution in [1.29, 1.82) is 0 Å². The topological polar surface area (TPSA) is 0 Å². The minimum absolute atomic E-state index is 0.212. The lowest BCUT2D eigenvalue weighted by atomic mass is 9.72. The number of rotatable bonds is 6. The summed E-state index contributed by atoms with van der Waals surface area (Å²) in [7, 11) is 0. The fourth-order valence-electron chi connectivity index (χ4n) is 4.14. The van der Waals surface area contributed by atoms with E-state index in [1.807, 2.05) is 0 Å². The van der Waals surface area contributed by atoms with Crippen LogP contribution < -0.4 is 0 Å².